The molecule has 0 radical (unpaired) electrons. The first-order valence-electron chi connectivity index (χ1n) is 18.8. The lowest BCUT2D eigenvalue weighted by atomic mass is 9.83. The third kappa shape index (κ3) is 4.20. The van der Waals surface area contributed by atoms with Gasteiger partial charge < -0.3 is 4.42 Å². The fourth-order valence-electron chi connectivity index (χ4n) is 9.41. The van der Waals surface area contributed by atoms with Crippen LogP contribution < -0.4 is 0 Å². The highest BCUT2D eigenvalue weighted by molar-refractivity contribution is 7.27. The molecule has 0 unspecified atom stereocenters. The molecule has 2 aromatic heterocycles. The van der Waals surface area contributed by atoms with Gasteiger partial charge in [0, 0.05) is 36.3 Å². The van der Waals surface area contributed by atoms with Gasteiger partial charge in [-0.25, -0.2) is 0 Å². The molecule has 252 valence electrons. The molecule has 1 nitrogen and oxygen atoms in total. The molecule has 12 rings (SSSR count). The molecule has 2 heteroatoms. The lowest BCUT2D eigenvalue weighted by molar-refractivity contribution is 0.673. The minimum atomic E-state index is 0.920. The van der Waals surface area contributed by atoms with Gasteiger partial charge in [-0.2, -0.15) is 0 Å². The van der Waals surface area contributed by atoms with Crippen molar-refractivity contribution in [1.29, 1.82) is 0 Å². The monoisotopic (exact) mass is 704 g/mol. The summed E-state index contributed by atoms with van der Waals surface area (Å²) in [6, 6.07) is 56.0. The lowest BCUT2D eigenvalue weighted by Crippen LogP contribution is -1.94. The molecular weight excluding hydrogens is 673 g/mol. The first-order valence-corrected chi connectivity index (χ1v) is 19.6. The van der Waals surface area contributed by atoms with Crippen LogP contribution in [-0.4, -0.2) is 0 Å². The zero-order chi connectivity index (χ0) is 35.3. The van der Waals surface area contributed by atoms with Gasteiger partial charge in [0.15, 0.2) is 0 Å². The van der Waals surface area contributed by atoms with E-state index in [1.807, 2.05) is 11.3 Å². The third-order valence-corrected chi connectivity index (χ3v) is 12.9. The zero-order valence-corrected chi connectivity index (χ0v) is 30.2. The Kier molecular flexibility index (Phi) is 6.40. The Hall–Kier alpha value is -6.48. The maximum Gasteiger partial charge on any atom is 0.144 e. The van der Waals surface area contributed by atoms with Crippen molar-refractivity contribution in [3.05, 3.63) is 175 Å². The molecule has 0 N–H and O–H groups in total. The third-order valence-electron chi connectivity index (χ3n) is 11.7. The molecule has 9 aromatic carbocycles. The van der Waals surface area contributed by atoms with Crippen molar-refractivity contribution >= 4 is 102 Å². The Morgan fingerprint density at radius 3 is 1.76 bits per heavy atom. The Labute approximate surface area is 315 Å². The van der Waals surface area contributed by atoms with Crippen LogP contribution in [0.15, 0.2) is 174 Å². The quantitative estimate of drug-likeness (QED) is 0.167. The van der Waals surface area contributed by atoms with E-state index in [1.54, 1.807) is 0 Å². The zero-order valence-electron chi connectivity index (χ0n) is 29.4. The van der Waals surface area contributed by atoms with Gasteiger partial charge in [-0.1, -0.05) is 152 Å². The van der Waals surface area contributed by atoms with Gasteiger partial charge in [-0.15, -0.1) is 11.3 Å². The van der Waals surface area contributed by atoms with E-state index in [0.29, 0.717) is 0 Å². The predicted molar refractivity (Wildman–Crippen MR) is 234 cm³/mol. The second-order valence-corrected chi connectivity index (χ2v) is 15.6. The SMILES string of the molecule is C1=CCCC(c2ccc(-c3c4ccccc4c(-c4ccc5c(c4)oc4c6ccccc6c6c7ccccc7sc6c54)c4ccccc34)c3ccccc23)=C1. The molecule has 0 aliphatic heterocycles. The molecule has 0 spiro atoms. The maximum atomic E-state index is 6.96. The predicted octanol–water partition coefficient (Wildman–Crippen LogP) is 15.6. The van der Waals surface area contributed by atoms with Crippen molar-refractivity contribution in [3.8, 4) is 22.3 Å². The van der Waals surface area contributed by atoms with Crippen LogP contribution in [-0.2, 0) is 0 Å². The molecule has 0 saturated carbocycles. The summed E-state index contributed by atoms with van der Waals surface area (Å²) in [5, 5.41) is 15.0. The summed E-state index contributed by atoms with van der Waals surface area (Å²) in [4.78, 5) is 0. The minimum absolute atomic E-state index is 0.920. The molecule has 0 amide bonds. The van der Waals surface area contributed by atoms with E-state index in [4.69, 9.17) is 4.42 Å². The van der Waals surface area contributed by atoms with Crippen LogP contribution in [0.3, 0.4) is 0 Å². The highest BCUT2D eigenvalue weighted by Gasteiger charge is 2.22. The van der Waals surface area contributed by atoms with E-state index in [-0.39, 0.29) is 0 Å². The van der Waals surface area contributed by atoms with Gasteiger partial charge in [0.1, 0.15) is 11.2 Å². The van der Waals surface area contributed by atoms with Crippen LogP contribution in [0.2, 0.25) is 0 Å². The number of benzene rings is 9. The van der Waals surface area contributed by atoms with Gasteiger partial charge in [0.2, 0.25) is 0 Å². The minimum Gasteiger partial charge on any atom is -0.455 e. The molecule has 0 fully saturated rings. The summed E-state index contributed by atoms with van der Waals surface area (Å²) in [5.74, 6) is 0. The van der Waals surface area contributed by atoms with E-state index in [9.17, 15) is 0 Å². The second-order valence-electron chi connectivity index (χ2n) is 14.6. The topological polar surface area (TPSA) is 13.1 Å². The van der Waals surface area contributed by atoms with Gasteiger partial charge >= 0.3 is 0 Å². The first-order chi connectivity index (χ1) is 26.8. The van der Waals surface area contributed by atoms with Gasteiger partial charge in [-0.3, -0.25) is 0 Å². The van der Waals surface area contributed by atoms with Crippen molar-refractivity contribution < 1.29 is 4.42 Å². The van der Waals surface area contributed by atoms with Crippen LogP contribution in [0.4, 0.5) is 0 Å². The average Bonchev–Trinajstić information content (AvgIpc) is 3.82. The number of fused-ring (bicyclic) bond motifs is 13. The van der Waals surface area contributed by atoms with Crippen LogP contribution in [0.25, 0.3) is 113 Å². The number of thiophene rings is 1. The van der Waals surface area contributed by atoms with Crippen molar-refractivity contribution in [3.63, 3.8) is 0 Å². The van der Waals surface area contributed by atoms with Crippen LogP contribution in [0.5, 0.6) is 0 Å². The standard InChI is InChI=1S/C52H32OS/c1-2-14-31(15-3-1)33-28-29-41(35-17-5-4-16-34(33)35)48-38-20-8-6-18-36(38)47(37-19-7-9-21-39(37)48)32-26-27-43-45(30-32)53-51-42-23-11-10-22-40(42)49-44-24-12-13-25-46(44)54-52(49)50(43)51/h1-2,4-14,16-30H,3,15H2. The summed E-state index contributed by atoms with van der Waals surface area (Å²) >= 11 is 1.87. The number of rotatable bonds is 3. The summed E-state index contributed by atoms with van der Waals surface area (Å²) < 4.78 is 9.56. The molecule has 1 aliphatic rings. The van der Waals surface area contributed by atoms with Gasteiger partial charge in [0.05, 0.1) is 0 Å². The first kappa shape index (κ1) is 30.0. The summed E-state index contributed by atoms with van der Waals surface area (Å²) in [7, 11) is 0. The summed E-state index contributed by atoms with van der Waals surface area (Å²) in [5.41, 5.74) is 9.59. The molecule has 0 bridgehead atoms. The van der Waals surface area contributed by atoms with E-state index in [0.717, 1.165) is 40.3 Å². The average molecular weight is 705 g/mol. The van der Waals surface area contributed by atoms with Crippen molar-refractivity contribution in [2.45, 2.75) is 12.8 Å². The van der Waals surface area contributed by atoms with Crippen molar-refractivity contribution in [1.82, 2.24) is 0 Å². The summed E-state index contributed by atoms with van der Waals surface area (Å²) in [6.45, 7) is 0. The highest BCUT2D eigenvalue weighted by Crippen LogP contribution is 2.50. The molecule has 0 saturated heterocycles. The molecule has 2 heterocycles. The van der Waals surface area contributed by atoms with E-state index in [1.165, 1.54) is 91.1 Å². The Balaban J connectivity index is 1.14. The largest absolute Gasteiger partial charge is 0.455 e. The van der Waals surface area contributed by atoms with E-state index in [2.05, 4.69) is 170 Å². The van der Waals surface area contributed by atoms with E-state index >= 15 is 0 Å². The molecule has 1 aliphatic carbocycles. The van der Waals surface area contributed by atoms with Gasteiger partial charge in [-0.05, 0) is 102 Å². The van der Waals surface area contributed by atoms with Crippen molar-refractivity contribution in [2.75, 3.05) is 0 Å². The van der Waals surface area contributed by atoms with Crippen LogP contribution in [0.1, 0.15) is 18.4 Å². The lowest BCUT2D eigenvalue weighted by Gasteiger charge is -2.20. The highest BCUT2D eigenvalue weighted by atomic mass is 32.1. The fraction of sp³-hybridized carbons (Fsp3) is 0.0385. The van der Waals surface area contributed by atoms with E-state index < -0.39 is 0 Å². The normalized spacial score (nSPS) is 13.4. The Bertz CT molecular complexity index is 3390. The van der Waals surface area contributed by atoms with Crippen LogP contribution >= 0.6 is 11.3 Å². The molecular formula is C52H32OS. The molecule has 54 heavy (non-hydrogen) atoms. The maximum absolute atomic E-state index is 6.96. The second kappa shape index (κ2) is 11.5. The number of hydrogen-bond acceptors (Lipinski definition) is 2. The number of hydrogen-bond donors (Lipinski definition) is 0. The van der Waals surface area contributed by atoms with Crippen LogP contribution in [0, 0.1) is 0 Å². The van der Waals surface area contributed by atoms with Crippen molar-refractivity contribution in [2.24, 2.45) is 0 Å². The summed E-state index contributed by atoms with van der Waals surface area (Å²) in [6.07, 6.45) is 8.91. The molecule has 0 atom stereocenters. The Morgan fingerprint density at radius 1 is 0.463 bits per heavy atom. The number of allylic oxidation sites excluding steroid dienone is 4. The Morgan fingerprint density at radius 2 is 1.06 bits per heavy atom. The van der Waals surface area contributed by atoms with Gasteiger partial charge in [0.25, 0.3) is 0 Å². The fourth-order valence-corrected chi connectivity index (χ4v) is 10.7. The number of furan rings is 1. The smallest absolute Gasteiger partial charge is 0.144 e. The molecule has 11 aromatic rings.